The number of hydrogen-bond donors (Lipinski definition) is 3. The number of rotatable bonds is 9. The van der Waals surface area contributed by atoms with Crippen molar-refractivity contribution in [3.63, 3.8) is 0 Å². The number of aliphatic carboxylic acids is 1. The van der Waals surface area contributed by atoms with E-state index < -0.39 is 12.0 Å². The molecule has 3 N–H and O–H groups in total. The Labute approximate surface area is 159 Å². The summed E-state index contributed by atoms with van der Waals surface area (Å²) in [5.41, 5.74) is 3.48. The lowest BCUT2D eigenvalue weighted by Crippen LogP contribution is -2.22. The van der Waals surface area contributed by atoms with E-state index in [2.05, 4.69) is 5.32 Å². The number of nitrogens with zero attached hydrogens (tertiary/aromatic N) is 1. The summed E-state index contributed by atoms with van der Waals surface area (Å²) in [4.78, 5) is 12.0. The zero-order valence-electron chi connectivity index (χ0n) is 15.5. The van der Waals surface area contributed by atoms with E-state index >= 15 is 0 Å². The van der Waals surface area contributed by atoms with Gasteiger partial charge in [-0.25, -0.2) is 4.79 Å². The molecule has 2 rings (SSSR count). The third-order valence-corrected chi connectivity index (χ3v) is 4.08. The third-order valence-electron chi connectivity index (χ3n) is 4.08. The van der Waals surface area contributed by atoms with Gasteiger partial charge in [-0.1, -0.05) is 25.0 Å². The van der Waals surface area contributed by atoms with Crippen molar-refractivity contribution in [3.05, 3.63) is 58.7 Å². The second kappa shape index (κ2) is 9.60. The molecule has 0 aliphatic rings. The molecule has 0 bridgehead atoms. The van der Waals surface area contributed by atoms with Crippen LogP contribution in [0.5, 0.6) is 5.75 Å². The normalized spacial score (nSPS) is 11.5. The zero-order chi connectivity index (χ0) is 19.8. The quantitative estimate of drug-likeness (QED) is 0.627. The first-order valence-electron chi connectivity index (χ1n) is 8.86. The SMILES string of the molecule is CCCc1cc(C)cc(C(Nc2ccc(C#N)cc2)C(=O)O)c1OCCO. The molecule has 0 aliphatic heterocycles. The van der Waals surface area contributed by atoms with Crippen LogP contribution in [0.15, 0.2) is 36.4 Å². The van der Waals surface area contributed by atoms with Gasteiger partial charge in [-0.3, -0.25) is 0 Å². The second-order valence-electron chi connectivity index (χ2n) is 6.27. The highest BCUT2D eigenvalue weighted by Crippen LogP contribution is 2.34. The van der Waals surface area contributed by atoms with Crippen molar-refractivity contribution in [2.75, 3.05) is 18.5 Å². The Balaban J connectivity index is 2.47. The first kappa shape index (κ1) is 20.3. The van der Waals surface area contributed by atoms with E-state index in [9.17, 15) is 9.90 Å². The number of aliphatic hydroxyl groups excluding tert-OH is 1. The van der Waals surface area contributed by atoms with Crippen molar-refractivity contribution in [1.29, 1.82) is 5.26 Å². The van der Waals surface area contributed by atoms with Crippen LogP contribution in [0.2, 0.25) is 0 Å². The van der Waals surface area contributed by atoms with E-state index in [1.165, 1.54) is 0 Å². The smallest absolute Gasteiger partial charge is 0.330 e. The lowest BCUT2D eigenvalue weighted by atomic mass is 9.96. The van der Waals surface area contributed by atoms with Gasteiger partial charge in [-0.2, -0.15) is 5.26 Å². The van der Waals surface area contributed by atoms with Crippen LogP contribution in [-0.2, 0) is 11.2 Å². The van der Waals surface area contributed by atoms with Gasteiger partial charge in [0.15, 0.2) is 6.04 Å². The van der Waals surface area contributed by atoms with Gasteiger partial charge in [-0.15, -0.1) is 0 Å². The second-order valence-corrected chi connectivity index (χ2v) is 6.27. The Morgan fingerprint density at radius 3 is 2.56 bits per heavy atom. The molecule has 0 aromatic heterocycles. The van der Waals surface area contributed by atoms with Crippen LogP contribution in [0.25, 0.3) is 0 Å². The highest BCUT2D eigenvalue weighted by atomic mass is 16.5. The van der Waals surface area contributed by atoms with Gasteiger partial charge >= 0.3 is 5.97 Å². The maximum Gasteiger partial charge on any atom is 0.330 e. The number of ether oxygens (including phenoxy) is 1. The van der Waals surface area contributed by atoms with E-state index in [-0.39, 0.29) is 13.2 Å². The number of carboxylic acids is 1. The molecule has 0 radical (unpaired) electrons. The van der Waals surface area contributed by atoms with Crippen LogP contribution < -0.4 is 10.1 Å². The molecule has 6 nitrogen and oxygen atoms in total. The topological polar surface area (TPSA) is 103 Å². The van der Waals surface area contributed by atoms with Crippen LogP contribution in [0, 0.1) is 18.3 Å². The molecule has 2 aromatic rings. The lowest BCUT2D eigenvalue weighted by Gasteiger charge is -2.22. The largest absolute Gasteiger partial charge is 0.491 e. The van der Waals surface area contributed by atoms with Crippen LogP contribution in [0.4, 0.5) is 5.69 Å². The molecule has 27 heavy (non-hydrogen) atoms. The van der Waals surface area contributed by atoms with Gasteiger partial charge in [0.2, 0.25) is 0 Å². The fraction of sp³-hybridized carbons (Fsp3) is 0.333. The predicted molar refractivity (Wildman–Crippen MR) is 103 cm³/mol. The van der Waals surface area contributed by atoms with Crippen LogP contribution >= 0.6 is 0 Å². The highest BCUT2D eigenvalue weighted by molar-refractivity contribution is 5.81. The maximum atomic E-state index is 12.0. The van der Waals surface area contributed by atoms with Crippen molar-refractivity contribution in [2.24, 2.45) is 0 Å². The molecule has 142 valence electrons. The van der Waals surface area contributed by atoms with Crippen LogP contribution in [0.3, 0.4) is 0 Å². The Hall–Kier alpha value is -3.04. The van der Waals surface area contributed by atoms with Gasteiger partial charge in [0.25, 0.3) is 0 Å². The van der Waals surface area contributed by atoms with Crippen molar-refractivity contribution in [1.82, 2.24) is 0 Å². The van der Waals surface area contributed by atoms with E-state index in [0.717, 1.165) is 24.0 Å². The van der Waals surface area contributed by atoms with Crippen LogP contribution in [0.1, 0.15) is 41.6 Å². The summed E-state index contributed by atoms with van der Waals surface area (Å²) in [5, 5.41) is 30.9. The monoisotopic (exact) mass is 368 g/mol. The van der Waals surface area contributed by atoms with Crippen molar-refractivity contribution in [2.45, 2.75) is 32.7 Å². The molecule has 0 amide bonds. The molecule has 0 spiro atoms. The lowest BCUT2D eigenvalue weighted by molar-refractivity contribution is -0.138. The first-order chi connectivity index (χ1) is 13.0. The number of nitrogens with one attached hydrogen (secondary N) is 1. The maximum absolute atomic E-state index is 12.0. The number of carbonyl (C=O) groups is 1. The number of benzene rings is 2. The molecule has 1 unspecified atom stereocenters. The van der Waals surface area contributed by atoms with Gasteiger partial charge in [0.1, 0.15) is 12.4 Å². The summed E-state index contributed by atoms with van der Waals surface area (Å²) in [5.74, 6) is -0.536. The van der Waals surface area contributed by atoms with Crippen molar-refractivity contribution < 1.29 is 19.7 Å². The molecule has 6 heteroatoms. The summed E-state index contributed by atoms with van der Waals surface area (Å²) >= 11 is 0. The minimum absolute atomic E-state index is 0.0932. The molecule has 2 aromatic carbocycles. The number of aliphatic hydroxyl groups is 1. The average molecular weight is 368 g/mol. The summed E-state index contributed by atoms with van der Waals surface area (Å²) in [6.45, 7) is 3.90. The van der Waals surface area contributed by atoms with Gasteiger partial charge in [0, 0.05) is 11.3 Å². The molecule has 0 aliphatic carbocycles. The molecular weight excluding hydrogens is 344 g/mol. The van der Waals surface area contributed by atoms with E-state index in [1.807, 2.05) is 26.0 Å². The van der Waals surface area contributed by atoms with Crippen LogP contribution in [-0.4, -0.2) is 29.4 Å². The number of hydrogen-bond acceptors (Lipinski definition) is 5. The summed E-state index contributed by atoms with van der Waals surface area (Å²) in [7, 11) is 0. The number of nitriles is 1. The standard InChI is InChI=1S/C21H24N2O4/c1-3-4-16-11-14(2)12-18(20(16)27-10-9-24)19(21(25)26)23-17-7-5-15(13-22)6-8-17/h5-8,11-12,19,23-24H,3-4,9-10H2,1-2H3,(H,25,26). The predicted octanol–water partition coefficient (Wildman–Crippen LogP) is 3.43. The molecule has 0 saturated carbocycles. The average Bonchev–Trinajstić information content (AvgIpc) is 2.65. The Morgan fingerprint density at radius 1 is 1.30 bits per heavy atom. The van der Waals surface area contributed by atoms with E-state index in [4.69, 9.17) is 15.1 Å². The van der Waals surface area contributed by atoms with Crippen molar-refractivity contribution >= 4 is 11.7 Å². The fourth-order valence-corrected chi connectivity index (χ4v) is 2.95. The molecule has 0 heterocycles. The molecule has 1 atom stereocenters. The molecular formula is C21H24N2O4. The summed E-state index contributed by atoms with van der Waals surface area (Å²) < 4.78 is 5.73. The number of carboxylic acid groups (broad SMARTS) is 1. The van der Waals surface area contributed by atoms with Gasteiger partial charge in [-0.05, 0) is 49.2 Å². The fourth-order valence-electron chi connectivity index (χ4n) is 2.95. The van der Waals surface area contributed by atoms with Crippen molar-refractivity contribution in [3.8, 4) is 11.8 Å². The molecule has 0 saturated heterocycles. The Bertz CT molecular complexity index is 825. The zero-order valence-corrected chi connectivity index (χ0v) is 15.5. The van der Waals surface area contributed by atoms with E-state index in [0.29, 0.717) is 22.6 Å². The highest BCUT2D eigenvalue weighted by Gasteiger charge is 2.26. The summed E-state index contributed by atoms with van der Waals surface area (Å²) in [6, 6.07) is 11.4. The number of aryl methyl sites for hydroxylation is 2. The Kier molecular flexibility index (Phi) is 7.21. The van der Waals surface area contributed by atoms with E-state index in [1.54, 1.807) is 30.3 Å². The Morgan fingerprint density at radius 2 is 2.00 bits per heavy atom. The summed E-state index contributed by atoms with van der Waals surface area (Å²) in [6.07, 6.45) is 1.64. The van der Waals surface area contributed by atoms with Gasteiger partial charge in [0.05, 0.1) is 18.2 Å². The number of anilines is 1. The minimum atomic E-state index is -1.04. The van der Waals surface area contributed by atoms with Gasteiger partial charge < -0.3 is 20.3 Å². The third kappa shape index (κ3) is 5.22. The molecule has 0 fully saturated rings. The first-order valence-corrected chi connectivity index (χ1v) is 8.86. The minimum Gasteiger partial charge on any atom is -0.491 e.